The van der Waals surface area contributed by atoms with Crippen molar-refractivity contribution in [1.82, 2.24) is 0 Å². The summed E-state index contributed by atoms with van der Waals surface area (Å²) in [6, 6.07) is 0. The Bertz CT molecular complexity index is 202. The van der Waals surface area contributed by atoms with E-state index in [0.29, 0.717) is 5.92 Å². The van der Waals surface area contributed by atoms with E-state index in [1.165, 1.54) is 0 Å². The highest BCUT2D eigenvalue weighted by atomic mass is 16.6. The normalized spacial score (nSPS) is 47.0. The third-order valence-corrected chi connectivity index (χ3v) is 3.07. The van der Waals surface area contributed by atoms with Crippen LogP contribution in [0.15, 0.2) is 0 Å². The average molecular weight is 170 g/mol. The molecule has 2 aliphatic rings. The Hall–Kier alpha value is -0.570. The molecule has 1 heterocycles. The van der Waals surface area contributed by atoms with E-state index in [2.05, 4.69) is 6.92 Å². The fourth-order valence-corrected chi connectivity index (χ4v) is 2.31. The first-order valence-electron chi connectivity index (χ1n) is 4.57. The number of cyclic esters (lactones) is 1. The van der Waals surface area contributed by atoms with Gasteiger partial charge in [0.2, 0.25) is 6.29 Å². The molecule has 12 heavy (non-hydrogen) atoms. The molecular weight excluding hydrogens is 156 g/mol. The van der Waals surface area contributed by atoms with Gasteiger partial charge in [0.25, 0.3) is 0 Å². The number of carbonyl (C=O) groups is 1. The molecule has 0 spiro atoms. The molecule has 1 aliphatic carbocycles. The SMILES string of the molecule is CC1CCC2C(O)OC(=O)C2C1. The molecule has 2 rings (SSSR count). The maximum atomic E-state index is 11.2. The van der Waals surface area contributed by atoms with Gasteiger partial charge < -0.3 is 9.84 Å². The molecule has 3 nitrogen and oxygen atoms in total. The number of carbonyl (C=O) groups excluding carboxylic acids is 1. The molecular formula is C9H14O3. The van der Waals surface area contributed by atoms with Gasteiger partial charge in [-0.25, -0.2) is 0 Å². The second-order valence-electron chi connectivity index (χ2n) is 4.02. The summed E-state index contributed by atoms with van der Waals surface area (Å²) in [6.45, 7) is 2.15. The topological polar surface area (TPSA) is 46.5 Å². The maximum Gasteiger partial charge on any atom is 0.311 e. The predicted octanol–water partition coefficient (Wildman–Crippen LogP) is 0.914. The smallest absolute Gasteiger partial charge is 0.311 e. The minimum absolute atomic E-state index is 0.0243. The van der Waals surface area contributed by atoms with E-state index in [1.807, 2.05) is 0 Å². The van der Waals surface area contributed by atoms with Crippen molar-refractivity contribution < 1.29 is 14.6 Å². The summed E-state index contributed by atoms with van der Waals surface area (Å²) >= 11 is 0. The van der Waals surface area contributed by atoms with Gasteiger partial charge >= 0.3 is 5.97 Å². The number of rotatable bonds is 0. The van der Waals surface area contributed by atoms with E-state index in [4.69, 9.17) is 4.74 Å². The van der Waals surface area contributed by atoms with Crippen molar-refractivity contribution in [2.24, 2.45) is 17.8 Å². The van der Waals surface area contributed by atoms with Gasteiger partial charge in [0.15, 0.2) is 0 Å². The first-order chi connectivity index (χ1) is 5.68. The van der Waals surface area contributed by atoms with Crippen LogP contribution in [0.1, 0.15) is 26.2 Å². The minimum Gasteiger partial charge on any atom is -0.435 e. The van der Waals surface area contributed by atoms with Crippen LogP contribution in [0.4, 0.5) is 0 Å². The summed E-state index contributed by atoms with van der Waals surface area (Å²) in [7, 11) is 0. The van der Waals surface area contributed by atoms with Gasteiger partial charge in [-0.05, 0) is 18.8 Å². The summed E-state index contributed by atoms with van der Waals surface area (Å²) < 4.78 is 4.77. The van der Waals surface area contributed by atoms with Gasteiger partial charge in [-0.15, -0.1) is 0 Å². The van der Waals surface area contributed by atoms with Crippen molar-refractivity contribution in [2.45, 2.75) is 32.5 Å². The lowest BCUT2D eigenvalue weighted by molar-refractivity contribution is -0.156. The van der Waals surface area contributed by atoms with Crippen molar-refractivity contribution in [3.05, 3.63) is 0 Å². The summed E-state index contributed by atoms with van der Waals surface area (Å²) in [5, 5.41) is 9.34. The van der Waals surface area contributed by atoms with E-state index in [9.17, 15) is 9.90 Å². The molecule has 0 bridgehead atoms. The second-order valence-corrected chi connectivity index (χ2v) is 4.02. The van der Waals surface area contributed by atoms with Crippen LogP contribution in [-0.2, 0) is 9.53 Å². The van der Waals surface area contributed by atoms with Crippen LogP contribution in [0.2, 0.25) is 0 Å². The third kappa shape index (κ3) is 1.12. The third-order valence-electron chi connectivity index (χ3n) is 3.07. The van der Waals surface area contributed by atoms with Gasteiger partial charge in [-0.2, -0.15) is 0 Å². The standard InChI is InChI=1S/C9H14O3/c1-5-2-3-6-7(4-5)9(11)12-8(6)10/h5-8,10H,2-4H2,1H3. The Labute approximate surface area is 71.7 Å². The lowest BCUT2D eigenvalue weighted by Crippen LogP contribution is -2.27. The van der Waals surface area contributed by atoms with E-state index < -0.39 is 6.29 Å². The van der Waals surface area contributed by atoms with E-state index in [1.54, 1.807) is 0 Å². The molecule has 1 aliphatic heterocycles. The molecule has 0 aromatic rings. The first kappa shape index (κ1) is 8.05. The average Bonchev–Trinajstić information content (AvgIpc) is 2.28. The van der Waals surface area contributed by atoms with E-state index >= 15 is 0 Å². The zero-order chi connectivity index (χ0) is 8.72. The summed E-state index contributed by atoms with van der Waals surface area (Å²) in [5.74, 6) is 0.459. The number of ether oxygens (including phenoxy) is 1. The monoisotopic (exact) mass is 170 g/mol. The largest absolute Gasteiger partial charge is 0.435 e. The molecule has 1 saturated carbocycles. The molecule has 0 radical (unpaired) electrons. The quantitative estimate of drug-likeness (QED) is 0.550. The number of hydrogen-bond acceptors (Lipinski definition) is 3. The van der Waals surface area contributed by atoms with Crippen LogP contribution in [0.5, 0.6) is 0 Å². The number of esters is 1. The Balaban J connectivity index is 2.12. The molecule has 4 atom stereocenters. The van der Waals surface area contributed by atoms with E-state index in [-0.39, 0.29) is 17.8 Å². The van der Waals surface area contributed by atoms with Gasteiger partial charge in [0, 0.05) is 5.92 Å². The van der Waals surface area contributed by atoms with E-state index in [0.717, 1.165) is 19.3 Å². The molecule has 2 fully saturated rings. The fourth-order valence-electron chi connectivity index (χ4n) is 2.31. The van der Waals surface area contributed by atoms with Crippen LogP contribution in [0.25, 0.3) is 0 Å². The molecule has 3 heteroatoms. The first-order valence-corrected chi connectivity index (χ1v) is 4.57. The number of aliphatic hydroxyl groups excluding tert-OH is 1. The lowest BCUT2D eigenvalue weighted by Gasteiger charge is -2.26. The molecule has 68 valence electrons. The maximum absolute atomic E-state index is 11.2. The van der Waals surface area contributed by atoms with Crippen molar-refractivity contribution >= 4 is 5.97 Å². The van der Waals surface area contributed by atoms with Crippen molar-refractivity contribution in [3.63, 3.8) is 0 Å². The van der Waals surface area contributed by atoms with Gasteiger partial charge in [0.1, 0.15) is 0 Å². The lowest BCUT2D eigenvalue weighted by atomic mass is 9.76. The van der Waals surface area contributed by atoms with Crippen LogP contribution in [0, 0.1) is 17.8 Å². The molecule has 4 unspecified atom stereocenters. The van der Waals surface area contributed by atoms with Gasteiger partial charge in [0.05, 0.1) is 5.92 Å². The predicted molar refractivity (Wildman–Crippen MR) is 42.1 cm³/mol. The molecule has 1 N–H and O–H groups in total. The van der Waals surface area contributed by atoms with Crippen LogP contribution in [0.3, 0.4) is 0 Å². The zero-order valence-electron chi connectivity index (χ0n) is 7.19. The summed E-state index contributed by atoms with van der Waals surface area (Å²) in [4.78, 5) is 11.2. The molecule has 0 amide bonds. The van der Waals surface area contributed by atoms with Gasteiger partial charge in [-0.1, -0.05) is 13.3 Å². The summed E-state index contributed by atoms with van der Waals surface area (Å²) in [5.41, 5.74) is 0. The molecule has 1 saturated heterocycles. The minimum atomic E-state index is -0.824. The van der Waals surface area contributed by atoms with Crippen molar-refractivity contribution in [2.75, 3.05) is 0 Å². The number of aliphatic hydroxyl groups is 1. The highest BCUT2D eigenvalue weighted by Crippen LogP contribution is 2.40. The highest BCUT2D eigenvalue weighted by Gasteiger charge is 2.46. The number of hydrogen-bond donors (Lipinski definition) is 1. The Morgan fingerprint density at radius 3 is 3.00 bits per heavy atom. The van der Waals surface area contributed by atoms with Crippen molar-refractivity contribution in [1.29, 1.82) is 0 Å². The fraction of sp³-hybridized carbons (Fsp3) is 0.889. The molecule has 0 aromatic heterocycles. The Morgan fingerprint density at radius 2 is 2.25 bits per heavy atom. The number of fused-ring (bicyclic) bond motifs is 1. The second kappa shape index (κ2) is 2.73. The van der Waals surface area contributed by atoms with Crippen LogP contribution >= 0.6 is 0 Å². The molecule has 0 aromatic carbocycles. The van der Waals surface area contributed by atoms with Gasteiger partial charge in [-0.3, -0.25) is 4.79 Å². The van der Waals surface area contributed by atoms with Crippen LogP contribution < -0.4 is 0 Å². The Morgan fingerprint density at radius 1 is 1.50 bits per heavy atom. The van der Waals surface area contributed by atoms with Crippen LogP contribution in [-0.4, -0.2) is 17.4 Å². The van der Waals surface area contributed by atoms with Crippen molar-refractivity contribution in [3.8, 4) is 0 Å². The Kier molecular flexibility index (Phi) is 1.83. The summed E-state index contributed by atoms with van der Waals surface area (Å²) in [6.07, 6.45) is 2.10. The highest BCUT2D eigenvalue weighted by molar-refractivity contribution is 5.75. The zero-order valence-corrected chi connectivity index (χ0v) is 7.19.